The molecule has 1 heterocycles. The third kappa shape index (κ3) is 6.08. The Labute approximate surface area is 173 Å². The summed E-state index contributed by atoms with van der Waals surface area (Å²) in [4.78, 5) is 24.6. The Kier molecular flexibility index (Phi) is 6.19. The minimum absolute atomic E-state index is 0.326. The van der Waals surface area contributed by atoms with Crippen molar-refractivity contribution >= 4 is 34.0 Å². The molecule has 1 aromatic heterocycles. The Morgan fingerprint density at radius 3 is 2.17 bits per heavy atom. The summed E-state index contributed by atoms with van der Waals surface area (Å²) >= 11 is 1.25. The lowest BCUT2D eigenvalue weighted by Crippen LogP contribution is -2.25. The fraction of sp³-hybridized carbons (Fsp3) is 0.182. The van der Waals surface area contributed by atoms with E-state index < -0.39 is 17.6 Å². The number of ether oxygens (including phenoxy) is 2. The van der Waals surface area contributed by atoms with Crippen molar-refractivity contribution in [1.82, 2.24) is 0 Å². The quantitative estimate of drug-likeness (QED) is 0.495. The number of esters is 1. The summed E-state index contributed by atoms with van der Waals surface area (Å²) in [6.45, 7) is 5.38. The molecule has 0 aliphatic carbocycles. The number of para-hydroxylation sites is 1. The first-order valence-corrected chi connectivity index (χ1v) is 9.90. The monoisotopic (exact) mass is 410 g/mol. The molecule has 3 aromatic rings. The first-order chi connectivity index (χ1) is 13.8. The van der Waals surface area contributed by atoms with Gasteiger partial charge in [-0.25, -0.2) is 9.59 Å². The second kappa shape index (κ2) is 8.79. The van der Waals surface area contributed by atoms with Crippen LogP contribution in [-0.2, 0) is 4.74 Å². The van der Waals surface area contributed by atoms with Crippen molar-refractivity contribution in [2.24, 2.45) is 0 Å². The molecule has 7 heteroatoms. The first-order valence-electron chi connectivity index (χ1n) is 9.02. The van der Waals surface area contributed by atoms with Crippen molar-refractivity contribution in [3.8, 4) is 11.5 Å². The van der Waals surface area contributed by atoms with E-state index in [9.17, 15) is 9.59 Å². The highest BCUT2D eigenvalue weighted by atomic mass is 32.1. The average molecular weight is 410 g/mol. The topological polar surface area (TPSA) is 76.7 Å². The number of nitrogens with one attached hydrogen (secondary N) is 2. The SMILES string of the molecule is CC(C)(C)OC(=O)c1ccsc1NC(=O)Nc1ccc(Oc2ccccc2)cc1. The van der Waals surface area contributed by atoms with Gasteiger partial charge in [-0.2, -0.15) is 0 Å². The highest BCUT2D eigenvalue weighted by Gasteiger charge is 2.22. The van der Waals surface area contributed by atoms with Crippen LogP contribution < -0.4 is 15.4 Å². The van der Waals surface area contributed by atoms with Crippen LogP contribution in [0, 0.1) is 0 Å². The Balaban J connectivity index is 1.59. The van der Waals surface area contributed by atoms with Gasteiger partial charge in [0.1, 0.15) is 22.1 Å². The number of anilines is 2. The second-order valence-corrected chi connectivity index (χ2v) is 8.10. The van der Waals surface area contributed by atoms with Gasteiger partial charge in [0.25, 0.3) is 0 Å². The van der Waals surface area contributed by atoms with Gasteiger partial charge in [-0.15, -0.1) is 11.3 Å². The van der Waals surface area contributed by atoms with Gasteiger partial charge in [-0.1, -0.05) is 18.2 Å². The molecular formula is C22H22N2O4S. The molecule has 2 aromatic carbocycles. The van der Waals surface area contributed by atoms with E-state index in [0.717, 1.165) is 5.75 Å². The van der Waals surface area contributed by atoms with E-state index in [-0.39, 0.29) is 0 Å². The molecule has 0 aliphatic rings. The van der Waals surface area contributed by atoms with E-state index in [1.165, 1.54) is 11.3 Å². The summed E-state index contributed by atoms with van der Waals surface area (Å²) in [7, 11) is 0. The Morgan fingerprint density at radius 1 is 0.862 bits per heavy atom. The Morgan fingerprint density at radius 2 is 1.52 bits per heavy atom. The molecule has 6 nitrogen and oxygen atoms in total. The molecule has 0 spiro atoms. The van der Waals surface area contributed by atoms with Gasteiger partial charge >= 0.3 is 12.0 Å². The lowest BCUT2D eigenvalue weighted by atomic mass is 10.2. The van der Waals surface area contributed by atoms with E-state index in [4.69, 9.17) is 9.47 Å². The van der Waals surface area contributed by atoms with Gasteiger partial charge in [-0.05, 0) is 68.6 Å². The number of urea groups is 1. The number of thiophene rings is 1. The number of hydrogen-bond donors (Lipinski definition) is 2. The van der Waals surface area contributed by atoms with Gasteiger partial charge in [0.05, 0.1) is 5.56 Å². The number of amides is 2. The van der Waals surface area contributed by atoms with Crippen molar-refractivity contribution < 1.29 is 19.1 Å². The lowest BCUT2D eigenvalue weighted by molar-refractivity contribution is 0.00713. The van der Waals surface area contributed by atoms with Crippen LogP contribution in [0.3, 0.4) is 0 Å². The minimum Gasteiger partial charge on any atom is -0.457 e. The molecule has 0 atom stereocenters. The fourth-order valence-electron chi connectivity index (χ4n) is 2.40. The fourth-order valence-corrected chi connectivity index (χ4v) is 3.17. The van der Waals surface area contributed by atoms with Gasteiger partial charge in [0.2, 0.25) is 0 Å². The number of hydrogen-bond acceptors (Lipinski definition) is 5. The van der Waals surface area contributed by atoms with Crippen LogP contribution >= 0.6 is 11.3 Å². The predicted octanol–water partition coefficient (Wildman–Crippen LogP) is 6.14. The molecule has 0 saturated carbocycles. The van der Waals surface area contributed by atoms with E-state index >= 15 is 0 Å². The van der Waals surface area contributed by atoms with Gasteiger partial charge in [0, 0.05) is 5.69 Å². The normalized spacial score (nSPS) is 10.9. The van der Waals surface area contributed by atoms with Crippen LogP contribution in [0.2, 0.25) is 0 Å². The zero-order chi connectivity index (χ0) is 20.9. The zero-order valence-electron chi connectivity index (χ0n) is 16.4. The molecule has 0 aliphatic heterocycles. The zero-order valence-corrected chi connectivity index (χ0v) is 17.2. The summed E-state index contributed by atoms with van der Waals surface area (Å²) in [6.07, 6.45) is 0. The van der Waals surface area contributed by atoms with E-state index in [2.05, 4.69) is 10.6 Å². The van der Waals surface area contributed by atoms with Crippen molar-refractivity contribution in [2.75, 3.05) is 10.6 Å². The predicted molar refractivity (Wildman–Crippen MR) is 115 cm³/mol. The van der Waals surface area contributed by atoms with Crippen LogP contribution in [0.4, 0.5) is 15.5 Å². The minimum atomic E-state index is -0.609. The summed E-state index contributed by atoms with van der Waals surface area (Å²) < 4.78 is 11.1. The van der Waals surface area contributed by atoms with E-state index in [1.807, 2.05) is 30.3 Å². The van der Waals surface area contributed by atoms with Crippen molar-refractivity contribution in [2.45, 2.75) is 26.4 Å². The molecule has 2 N–H and O–H groups in total. The number of benzene rings is 2. The summed E-state index contributed by atoms with van der Waals surface area (Å²) in [5.74, 6) is 0.919. The molecule has 0 saturated heterocycles. The van der Waals surface area contributed by atoms with Crippen molar-refractivity contribution in [1.29, 1.82) is 0 Å². The number of carbonyl (C=O) groups is 2. The standard InChI is InChI=1S/C22H22N2O4S/c1-22(2,3)28-20(25)18-13-14-29-19(18)24-21(26)23-15-9-11-17(12-10-15)27-16-7-5-4-6-8-16/h4-14H,1-3H3,(H2,23,24,26). The third-order valence-corrected chi connectivity index (χ3v) is 4.43. The highest BCUT2D eigenvalue weighted by molar-refractivity contribution is 7.14. The smallest absolute Gasteiger partial charge is 0.341 e. The Hall–Kier alpha value is -3.32. The molecule has 0 bridgehead atoms. The van der Waals surface area contributed by atoms with Crippen LogP contribution in [-0.4, -0.2) is 17.6 Å². The molecule has 0 radical (unpaired) electrons. The van der Waals surface area contributed by atoms with Crippen LogP contribution in [0.25, 0.3) is 0 Å². The first kappa shape index (κ1) is 20.4. The molecule has 0 fully saturated rings. The van der Waals surface area contributed by atoms with Gasteiger partial charge in [0.15, 0.2) is 0 Å². The largest absolute Gasteiger partial charge is 0.457 e. The van der Waals surface area contributed by atoms with Crippen LogP contribution in [0.1, 0.15) is 31.1 Å². The average Bonchev–Trinajstić information content (AvgIpc) is 3.11. The summed E-state index contributed by atoms with van der Waals surface area (Å²) in [5, 5.41) is 7.59. The molecule has 3 rings (SSSR count). The lowest BCUT2D eigenvalue weighted by Gasteiger charge is -2.19. The highest BCUT2D eigenvalue weighted by Crippen LogP contribution is 2.26. The maximum Gasteiger partial charge on any atom is 0.341 e. The maximum atomic E-state index is 12.3. The third-order valence-electron chi connectivity index (χ3n) is 3.60. The van der Waals surface area contributed by atoms with Crippen LogP contribution in [0.15, 0.2) is 66.0 Å². The van der Waals surface area contributed by atoms with Crippen molar-refractivity contribution in [3.05, 3.63) is 71.6 Å². The van der Waals surface area contributed by atoms with E-state index in [1.54, 1.807) is 56.5 Å². The van der Waals surface area contributed by atoms with Crippen LogP contribution in [0.5, 0.6) is 11.5 Å². The van der Waals surface area contributed by atoms with Gasteiger partial charge in [-0.3, -0.25) is 5.32 Å². The van der Waals surface area contributed by atoms with Crippen molar-refractivity contribution in [3.63, 3.8) is 0 Å². The molecular weight excluding hydrogens is 388 g/mol. The molecule has 0 unspecified atom stereocenters. The van der Waals surface area contributed by atoms with E-state index in [0.29, 0.717) is 22.0 Å². The molecule has 150 valence electrons. The molecule has 29 heavy (non-hydrogen) atoms. The Bertz CT molecular complexity index is 976. The molecule has 2 amide bonds. The summed E-state index contributed by atoms with van der Waals surface area (Å²) in [5.41, 5.74) is 0.312. The summed E-state index contributed by atoms with van der Waals surface area (Å²) in [6, 6.07) is 17.6. The van der Waals surface area contributed by atoms with Gasteiger partial charge < -0.3 is 14.8 Å². The number of rotatable bonds is 5. The maximum absolute atomic E-state index is 12.3. The second-order valence-electron chi connectivity index (χ2n) is 7.18. The number of carbonyl (C=O) groups excluding carboxylic acids is 2.